The monoisotopic (exact) mass is 286 g/mol. The van der Waals surface area contributed by atoms with Crippen molar-refractivity contribution in [1.82, 2.24) is 0 Å². The molecule has 6 heteroatoms. The molecule has 0 radical (unpaired) electrons. The fourth-order valence-electron chi connectivity index (χ4n) is 3.12. The third kappa shape index (κ3) is 2.30. The summed E-state index contributed by atoms with van der Waals surface area (Å²) in [6.07, 6.45) is 2.43. The summed E-state index contributed by atoms with van der Waals surface area (Å²) in [5.41, 5.74) is 0. The first-order chi connectivity index (χ1) is 9.27. The Morgan fingerprint density at radius 1 is 1.10 bits per heavy atom. The average molecular weight is 286 g/mol. The Morgan fingerprint density at radius 2 is 1.85 bits per heavy atom. The van der Waals surface area contributed by atoms with Crippen molar-refractivity contribution in [2.24, 2.45) is 0 Å². The molecular formula is C14H22O6. The fourth-order valence-corrected chi connectivity index (χ4v) is 3.12. The molecule has 3 fully saturated rings. The van der Waals surface area contributed by atoms with Gasteiger partial charge in [0, 0.05) is 0 Å². The van der Waals surface area contributed by atoms with E-state index in [4.69, 9.17) is 28.8 Å². The van der Waals surface area contributed by atoms with Crippen molar-refractivity contribution in [2.45, 2.75) is 63.4 Å². The topological polar surface area (TPSA) is 66.4 Å². The van der Waals surface area contributed by atoms with Crippen molar-refractivity contribution >= 4 is 0 Å². The summed E-state index contributed by atoms with van der Waals surface area (Å²) < 4.78 is 29.6. The first-order valence-electron chi connectivity index (χ1n) is 6.93. The molecule has 0 aromatic heterocycles. The van der Waals surface area contributed by atoms with Gasteiger partial charge in [0.1, 0.15) is 18.3 Å². The molecule has 0 aromatic rings. The summed E-state index contributed by atoms with van der Waals surface area (Å²) in [6.45, 7) is 7.69. The van der Waals surface area contributed by atoms with Crippen LogP contribution in [0.1, 0.15) is 27.7 Å². The summed E-state index contributed by atoms with van der Waals surface area (Å²) in [5.74, 6) is -2.47. The maximum Gasteiger partial charge on any atom is 0.220 e. The van der Waals surface area contributed by atoms with Crippen LogP contribution in [0, 0.1) is 0 Å². The second-order valence-electron chi connectivity index (χ2n) is 6.30. The Balaban J connectivity index is 1.92. The molecule has 0 saturated carbocycles. The smallest absolute Gasteiger partial charge is 0.220 e. The third-order valence-corrected chi connectivity index (χ3v) is 3.66. The van der Waals surface area contributed by atoms with Crippen molar-refractivity contribution in [3.8, 4) is 0 Å². The van der Waals surface area contributed by atoms with Crippen LogP contribution in [0.3, 0.4) is 0 Å². The minimum absolute atomic E-state index is 0.0848. The first kappa shape index (κ1) is 14.4. The molecule has 0 amide bonds. The molecule has 1 N–H and O–H groups in total. The highest BCUT2D eigenvalue weighted by Gasteiger charge is 2.64. The van der Waals surface area contributed by atoms with Crippen LogP contribution in [-0.2, 0) is 23.7 Å². The maximum absolute atomic E-state index is 9.02. The zero-order valence-electron chi connectivity index (χ0n) is 12.3. The Bertz CT molecular complexity index is 418. The van der Waals surface area contributed by atoms with Gasteiger partial charge in [-0.3, -0.25) is 0 Å². The number of ether oxygens (including phenoxy) is 5. The molecule has 0 spiro atoms. The van der Waals surface area contributed by atoms with E-state index in [1.807, 2.05) is 27.7 Å². The van der Waals surface area contributed by atoms with Crippen LogP contribution in [0.25, 0.3) is 0 Å². The highest BCUT2D eigenvalue weighted by Crippen LogP contribution is 2.47. The Hall–Kier alpha value is -0.500. The van der Waals surface area contributed by atoms with E-state index in [1.54, 1.807) is 12.2 Å². The number of aliphatic hydroxyl groups excluding tert-OH is 1. The van der Waals surface area contributed by atoms with E-state index in [0.717, 1.165) is 0 Å². The largest absolute Gasteiger partial charge is 0.392 e. The van der Waals surface area contributed by atoms with Crippen molar-refractivity contribution in [1.29, 1.82) is 0 Å². The highest BCUT2D eigenvalue weighted by atomic mass is 16.9. The van der Waals surface area contributed by atoms with Gasteiger partial charge in [-0.15, -0.1) is 0 Å². The van der Waals surface area contributed by atoms with Gasteiger partial charge in [-0.2, -0.15) is 0 Å². The van der Waals surface area contributed by atoms with Crippen LogP contribution in [0.15, 0.2) is 12.2 Å². The average Bonchev–Trinajstić information content (AvgIpc) is 2.78. The lowest BCUT2D eigenvalue weighted by Gasteiger charge is -2.38. The molecule has 0 unspecified atom stereocenters. The molecule has 114 valence electrons. The number of hydrogen-bond donors (Lipinski definition) is 1. The number of hydrogen-bond acceptors (Lipinski definition) is 6. The number of aliphatic hydroxyl groups is 1. The molecule has 3 heterocycles. The molecule has 0 bridgehead atoms. The number of rotatable bonds is 2. The van der Waals surface area contributed by atoms with Gasteiger partial charge in [0.25, 0.3) is 0 Å². The lowest BCUT2D eigenvalue weighted by Crippen LogP contribution is -2.57. The molecule has 0 aromatic carbocycles. The van der Waals surface area contributed by atoms with Gasteiger partial charge in [0.15, 0.2) is 11.6 Å². The minimum atomic E-state index is -1.03. The molecule has 0 aliphatic carbocycles. The zero-order valence-corrected chi connectivity index (χ0v) is 12.3. The van der Waals surface area contributed by atoms with Crippen molar-refractivity contribution in [3.05, 3.63) is 12.2 Å². The van der Waals surface area contributed by atoms with Gasteiger partial charge in [-0.25, -0.2) is 0 Å². The van der Waals surface area contributed by atoms with Crippen molar-refractivity contribution in [2.75, 3.05) is 13.2 Å². The van der Waals surface area contributed by atoms with E-state index in [-0.39, 0.29) is 18.8 Å². The lowest BCUT2D eigenvalue weighted by molar-refractivity contribution is -0.253. The molecule has 3 saturated heterocycles. The van der Waals surface area contributed by atoms with Gasteiger partial charge >= 0.3 is 0 Å². The van der Waals surface area contributed by atoms with Crippen LogP contribution >= 0.6 is 0 Å². The van der Waals surface area contributed by atoms with Gasteiger partial charge in [0.05, 0.1) is 13.2 Å². The maximum atomic E-state index is 9.02. The predicted octanol–water partition coefficient (Wildman–Crippen LogP) is 0.933. The molecule has 4 atom stereocenters. The zero-order chi connectivity index (χ0) is 14.6. The first-order valence-corrected chi connectivity index (χ1v) is 6.93. The SMILES string of the molecule is CC1(C)O[C@@H]2[C@@H](CO[C@@]3(/C=C/CO)OC(C)(C)O[C@@H]23)O1. The van der Waals surface area contributed by atoms with Crippen molar-refractivity contribution in [3.63, 3.8) is 0 Å². The summed E-state index contributed by atoms with van der Waals surface area (Å²) in [4.78, 5) is 0. The summed E-state index contributed by atoms with van der Waals surface area (Å²) in [6, 6.07) is 0. The minimum Gasteiger partial charge on any atom is -0.392 e. The van der Waals surface area contributed by atoms with Gasteiger partial charge < -0.3 is 28.8 Å². The quantitative estimate of drug-likeness (QED) is 0.762. The number of fused-ring (bicyclic) bond motifs is 3. The molecule has 6 nitrogen and oxygen atoms in total. The summed E-state index contributed by atoms with van der Waals surface area (Å²) in [7, 11) is 0. The van der Waals surface area contributed by atoms with E-state index in [1.165, 1.54) is 0 Å². The summed E-state index contributed by atoms with van der Waals surface area (Å²) in [5, 5.41) is 9.02. The van der Waals surface area contributed by atoms with Crippen molar-refractivity contribution < 1.29 is 28.8 Å². The van der Waals surface area contributed by atoms with Gasteiger partial charge in [-0.05, 0) is 33.8 Å². The van der Waals surface area contributed by atoms with Gasteiger partial charge in [0.2, 0.25) is 5.79 Å². The molecule has 20 heavy (non-hydrogen) atoms. The van der Waals surface area contributed by atoms with Crippen LogP contribution in [0.4, 0.5) is 0 Å². The Kier molecular flexibility index (Phi) is 3.25. The molecule has 3 aliphatic rings. The Morgan fingerprint density at radius 3 is 2.55 bits per heavy atom. The second-order valence-corrected chi connectivity index (χ2v) is 6.30. The molecule has 3 aliphatic heterocycles. The van der Waals surface area contributed by atoms with Crippen LogP contribution in [0.5, 0.6) is 0 Å². The molecule has 3 rings (SSSR count). The Labute approximate surface area is 118 Å². The second kappa shape index (κ2) is 4.50. The fraction of sp³-hybridized carbons (Fsp3) is 0.857. The van der Waals surface area contributed by atoms with E-state index >= 15 is 0 Å². The van der Waals surface area contributed by atoms with Crippen LogP contribution in [-0.4, -0.2) is 54.0 Å². The summed E-state index contributed by atoms with van der Waals surface area (Å²) >= 11 is 0. The molecular weight excluding hydrogens is 264 g/mol. The van der Waals surface area contributed by atoms with E-state index in [0.29, 0.717) is 6.61 Å². The highest BCUT2D eigenvalue weighted by molar-refractivity contribution is 5.12. The third-order valence-electron chi connectivity index (χ3n) is 3.66. The normalized spacial score (nSPS) is 45.5. The predicted molar refractivity (Wildman–Crippen MR) is 68.8 cm³/mol. The van der Waals surface area contributed by atoms with E-state index < -0.39 is 23.5 Å². The van der Waals surface area contributed by atoms with Crippen LogP contribution < -0.4 is 0 Å². The lowest BCUT2D eigenvalue weighted by atomic mass is 9.96. The van der Waals surface area contributed by atoms with E-state index in [2.05, 4.69) is 0 Å². The van der Waals surface area contributed by atoms with Gasteiger partial charge in [-0.1, -0.05) is 6.08 Å². The standard InChI is InChI=1S/C14H22O6/c1-12(2)17-9-8-16-14(6-5-7-15)11(10(9)18-12)19-13(3,4)20-14/h5-6,9-11,15H,7-8H2,1-4H3/b6-5+/t9-,10-,11+,14+/m1/s1. The van der Waals surface area contributed by atoms with Crippen LogP contribution in [0.2, 0.25) is 0 Å². The van der Waals surface area contributed by atoms with E-state index in [9.17, 15) is 0 Å².